The second kappa shape index (κ2) is 21.9. The Balaban J connectivity index is 1.53. The first-order valence-corrected chi connectivity index (χ1v) is 20.4. The van der Waals surface area contributed by atoms with E-state index in [9.17, 15) is 32.3 Å². The standard InChI is InChI=1S/C41H62F3N9O7/c1-38(2,3)58-35(55)49-33(50-36(56)59-39(4,5)6)46-21-14-12-10-11-13-15-23-51-26-27-52(34(51)48-32(54)41(42,43)44)24-16-18-29-19-20-30(47-28-29)31-45-22-17-25-53(31)37(57)60-40(7,8)9/h19-20,26-28H,10-18,21-25H2,1-9H3,(H2,46,49,50,55,56). The average molecular weight is 850 g/mol. The minimum atomic E-state index is -5.11. The molecule has 60 heavy (non-hydrogen) atoms. The van der Waals surface area contributed by atoms with Gasteiger partial charge in [0.25, 0.3) is 0 Å². The minimum Gasteiger partial charge on any atom is -0.444 e. The topological polar surface area (TPSA) is 183 Å². The van der Waals surface area contributed by atoms with E-state index in [4.69, 9.17) is 14.2 Å². The number of ether oxygens (including phenoxy) is 3. The van der Waals surface area contributed by atoms with Gasteiger partial charge in [-0.05, 0) is 106 Å². The lowest BCUT2D eigenvalue weighted by molar-refractivity contribution is -0.169. The number of imidazole rings is 1. The Bertz CT molecular complexity index is 1850. The van der Waals surface area contributed by atoms with Gasteiger partial charge in [-0.25, -0.2) is 14.4 Å². The van der Waals surface area contributed by atoms with E-state index >= 15 is 0 Å². The molecule has 0 unspecified atom stereocenters. The highest BCUT2D eigenvalue weighted by Crippen LogP contribution is 2.18. The van der Waals surface area contributed by atoms with E-state index in [1.807, 2.05) is 6.07 Å². The summed E-state index contributed by atoms with van der Waals surface area (Å²) in [6.45, 7) is 17.7. The Hall–Kier alpha value is -5.23. The van der Waals surface area contributed by atoms with E-state index in [0.717, 1.165) is 31.2 Å². The number of alkyl halides is 3. The molecule has 4 amide bonds. The highest BCUT2D eigenvalue weighted by Gasteiger charge is 2.39. The smallest absolute Gasteiger partial charge is 0.444 e. The first-order chi connectivity index (χ1) is 27.9. The molecule has 2 N–H and O–H groups in total. The summed E-state index contributed by atoms with van der Waals surface area (Å²) in [5, 5.41) is 4.91. The summed E-state index contributed by atoms with van der Waals surface area (Å²) >= 11 is 0. The summed E-state index contributed by atoms with van der Waals surface area (Å²) in [7, 11) is 0. The molecule has 1 aliphatic rings. The number of aliphatic imine (C=N–C) groups is 2. The Morgan fingerprint density at radius 1 is 0.750 bits per heavy atom. The van der Waals surface area contributed by atoms with Gasteiger partial charge in [0.05, 0.1) is 0 Å². The van der Waals surface area contributed by atoms with Crippen LogP contribution in [0.5, 0.6) is 0 Å². The summed E-state index contributed by atoms with van der Waals surface area (Å²) < 4.78 is 59.0. The number of amidine groups is 1. The highest BCUT2D eigenvalue weighted by molar-refractivity contribution is 6.05. The fourth-order valence-corrected chi connectivity index (χ4v) is 5.77. The van der Waals surface area contributed by atoms with Gasteiger partial charge in [0.15, 0.2) is 5.84 Å². The highest BCUT2D eigenvalue weighted by atomic mass is 19.4. The van der Waals surface area contributed by atoms with Crippen LogP contribution in [0.4, 0.5) is 27.6 Å². The van der Waals surface area contributed by atoms with Crippen molar-refractivity contribution in [1.29, 1.82) is 0 Å². The monoisotopic (exact) mass is 849 g/mol. The predicted octanol–water partition coefficient (Wildman–Crippen LogP) is 7.44. The molecular weight excluding hydrogens is 788 g/mol. The predicted molar refractivity (Wildman–Crippen MR) is 219 cm³/mol. The number of pyridine rings is 1. The van der Waals surface area contributed by atoms with Gasteiger partial charge in [-0.2, -0.15) is 18.2 Å². The van der Waals surface area contributed by atoms with Crippen molar-refractivity contribution in [3.63, 3.8) is 0 Å². The largest absolute Gasteiger partial charge is 0.473 e. The molecule has 0 radical (unpaired) electrons. The van der Waals surface area contributed by atoms with Crippen LogP contribution in [-0.4, -0.2) is 97.6 Å². The molecule has 16 nitrogen and oxygen atoms in total. The van der Waals surface area contributed by atoms with E-state index in [1.54, 1.807) is 96.1 Å². The van der Waals surface area contributed by atoms with Crippen LogP contribution in [0, 0.1) is 0 Å². The Morgan fingerprint density at radius 3 is 1.83 bits per heavy atom. The number of rotatable bonds is 14. The van der Waals surface area contributed by atoms with Crippen molar-refractivity contribution in [2.75, 3.05) is 19.6 Å². The number of nitrogens with one attached hydrogen (secondary N) is 2. The number of alkyl carbamates (subject to hydrolysis) is 2. The van der Waals surface area contributed by atoms with E-state index in [0.29, 0.717) is 76.4 Å². The first kappa shape index (κ1) is 49.1. The number of carbonyl (C=O) groups is 4. The number of guanidine groups is 1. The van der Waals surface area contributed by atoms with Crippen LogP contribution in [0.2, 0.25) is 0 Å². The van der Waals surface area contributed by atoms with Gasteiger partial charge >= 0.3 is 30.4 Å². The molecule has 0 aromatic carbocycles. The fourth-order valence-electron chi connectivity index (χ4n) is 5.77. The minimum absolute atomic E-state index is 0.0722. The van der Waals surface area contributed by atoms with Crippen LogP contribution < -0.4 is 16.3 Å². The lowest BCUT2D eigenvalue weighted by Crippen LogP contribution is -2.47. The number of hydrogen-bond donors (Lipinski definition) is 2. The maximum Gasteiger partial charge on any atom is 0.473 e. The molecular formula is C41H62F3N9O7. The zero-order chi connectivity index (χ0) is 44.7. The zero-order valence-corrected chi connectivity index (χ0v) is 36.4. The maximum absolute atomic E-state index is 13.3. The third-order valence-electron chi connectivity index (χ3n) is 8.29. The van der Waals surface area contributed by atoms with Crippen molar-refractivity contribution in [1.82, 2.24) is 29.7 Å². The Labute approximate surface area is 350 Å². The molecule has 0 atom stereocenters. The second-order valence-electron chi connectivity index (χ2n) is 17.4. The van der Waals surface area contributed by atoms with E-state index in [-0.39, 0.29) is 11.6 Å². The molecule has 0 spiro atoms. The van der Waals surface area contributed by atoms with Gasteiger partial charge in [0.2, 0.25) is 11.6 Å². The van der Waals surface area contributed by atoms with Gasteiger partial charge in [0, 0.05) is 51.3 Å². The van der Waals surface area contributed by atoms with Crippen molar-refractivity contribution < 1.29 is 46.6 Å². The van der Waals surface area contributed by atoms with E-state index in [1.165, 1.54) is 4.90 Å². The number of hydrogen-bond acceptors (Lipinski definition) is 10. The zero-order valence-electron chi connectivity index (χ0n) is 36.4. The summed E-state index contributed by atoms with van der Waals surface area (Å²) in [4.78, 5) is 67.7. The summed E-state index contributed by atoms with van der Waals surface area (Å²) in [5.41, 5.74) is -0.827. The molecule has 1 aliphatic heterocycles. The van der Waals surface area contributed by atoms with E-state index in [2.05, 4.69) is 30.6 Å². The van der Waals surface area contributed by atoms with Crippen molar-refractivity contribution >= 4 is 36.0 Å². The molecule has 2 aromatic rings. The van der Waals surface area contributed by atoms with Crippen LogP contribution in [-0.2, 0) is 38.5 Å². The van der Waals surface area contributed by atoms with Crippen molar-refractivity contribution in [3.05, 3.63) is 47.6 Å². The van der Waals surface area contributed by atoms with Gasteiger partial charge in [0.1, 0.15) is 22.5 Å². The molecule has 19 heteroatoms. The van der Waals surface area contributed by atoms with Gasteiger partial charge in [-0.1, -0.05) is 31.7 Å². The average Bonchev–Trinajstić information content (AvgIpc) is 3.48. The number of aryl methyl sites for hydroxylation is 3. The number of amides is 4. The molecule has 3 rings (SSSR count). The van der Waals surface area contributed by atoms with Crippen LogP contribution in [0.3, 0.4) is 0 Å². The second-order valence-corrected chi connectivity index (χ2v) is 17.4. The van der Waals surface area contributed by atoms with Crippen molar-refractivity contribution in [2.24, 2.45) is 15.0 Å². The van der Waals surface area contributed by atoms with E-state index < -0.39 is 47.2 Å². The SMILES string of the molecule is CC(C)(C)OC(=O)NC(=NCCCCCCCCn1ccn(CCCc2ccc(C3=NCCCN3C(=O)OC(C)(C)C)nc2)c1=NC(=O)C(F)(F)F)NC(=O)OC(C)(C)C. The number of nitrogens with zero attached hydrogens (tertiary/aromatic N) is 7. The quantitative estimate of drug-likeness (QED) is 0.0851. The molecule has 334 valence electrons. The van der Waals surface area contributed by atoms with Crippen molar-refractivity contribution in [2.45, 2.75) is 156 Å². The van der Waals surface area contributed by atoms with Gasteiger partial charge < -0.3 is 23.3 Å². The third-order valence-corrected chi connectivity index (χ3v) is 8.29. The van der Waals surface area contributed by atoms with Gasteiger partial charge in [-0.15, -0.1) is 0 Å². The molecule has 2 aromatic heterocycles. The molecule has 0 bridgehead atoms. The first-order valence-electron chi connectivity index (χ1n) is 20.4. The van der Waals surface area contributed by atoms with Gasteiger partial charge in [-0.3, -0.25) is 35.3 Å². The third kappa shape index (κ3) is 18.4. The Morgan fingerprint density at radius 2 is 1.30 bits per heavy atom. The Kier molecular flexibility index (Phi) is 17.9. The number of halogens is 3. The summed E-state index contributed by atoms with van der Waals surface area (Å²) in [6, 6.07) is 3.66. The number of carbonyl (C=O) groups excluding carboxylic acids is 4. The lowest BCUT2D eigenvalue weighted by Gasteiger charge is -2.30. The molecule has 0 saturated carbocycles. The normalized spacial score (nSPS) is 14.0. The summed E-state index contributed by atoms with van der Waals surface area (Å²) in [5.74, 6) is -1.81. The molecule has 0 fully saturated rings. The number of aromatic nitrogens is 3. The van der Waals surface area contributed by atoms with Crippen LogP contribution >= 0.6 is 0 Å². The van der Waals surface area contributed by atoms with Crippen LogP contribution in [0.15, 0.2) is 45.7 Å². The van der Waals surface area contributed by atoms with Crippen molar-refractivity contribution in [3.8, 4) is 0 Å². The van der Waals surface area contributed by atoms with Crippen LogP contribution in [0.1, 0.15) is 125 Å². The molecule has 3 heterocycles. The summed E-state index contributed by atoms with van der Waals surface area (Å²) in [6.07, 6.45) is 4.19. The molecule has 0 saturated heterocycles. The number of unbranched alkanes of at least 4 members (excludes halogenated alkanes) is 5. The molecule has 0 aliphatic carbocycles. The fraction of sp³-hybridized carbons (Fsp3) is 0.659. The lowest BCUT2D eigenvalue weighted by atomic mass is 10.1. The van der Waals surface area contributed by atoms with Crippen LogP contribution in [0.25, 0.3) is 0 Å². The maximum atomic E-state index is 13.3.